The Morgan fingerprint density at radius 3 is 2.58 bits per heavy atom. The lowest BCUT2D eigenvalue weighted by Crippen LogP contribution is -2.31. The molecule has 2 aromatic heterocycles. The van der Waals surface area contributed by atoms with Crippen LogP contribution in [0.5, 0.6) is 5.75 Å². The van der Waals surface area contributed by atoms with E-state index in [2.05, 4.69) is 19.7 Å². The van der Waals surface area contributed by atoms with Crippen molar-refractivity contribution in [2.45, 2.75) is 24.3 Å². The quantitative estimate of drug-likeness (QED) is 0.410. The molecule has 0 aliphatic heterocycles. The molecule has 0 amide bonds. The predicted molar refractivity (Wildman–Crippen MR) is 118 cm³/mol. The van der Waals surface area contributed by atoms with Gasteiger partial charge in [0.2, 0.25) is 10.0 Å². The van der Waals surface area contributed by atoms with Crippen molar-refractivity contribution in [3.05, 3.63) is 88.2 Å². The van der Waals surface area contributed by atoms with E-state index in [1.54, 1.807) is 19.1 Å². The van der Waals surface area contributed by atoms with Crippen LogP contribution in [0.2, 0.25) is 0 Å². The molecule has 4 aromatic rings. The molecule has 0 saturated heterocycles. The number of nitrogens with one attached hydrogen (secondary N) is 3. The van der Waals surface area contributed by atoms with Gasteiger partial charge in [0.15, 0.2) is 0 Å². The van der Waals surface area contributed by atoms with Crippen LogP contribution in [0, 0.1) is 6.92 Å². The van der Waals surface area contributed by atoms with Gasteiger partial charge in [0.25, 0.3) is 5.56 Å². The third-order valence-corrected chi connectivity index (χ3v) is 6.49. The Labute approximate surface area is 179 Å². The number of aryl methyl sites for hydroxylation is 1. The summed E-state index contributed by atoms with van der Waals surface area (Å²) in [5.74, 6) is 0.969. The van der Waals surface area contributed by atoms with Crippen molar-refractivity contribution >= 4 is 20.9 Å². The number of ether oxygens (including phenoxy) is 1. The smallest absolute Gasteiger partial charge is 0.251 e. The summed E-state index contributed by atoms with van der Waals surface area (Å²) in [6.45, 7) is 1.66. The summed E-state index contributed by atoms with van der Waals surface area (Å²) >= 11 is 0. The van der Waals surface area contributed by atoms with Crippen molar-refractivity contribution < 1.29 is 13.2 Å². The number of aromatic amines is 2. The van der Waals surface area contributed by atoms with Crippen molar-refractivity contribution in [2.24, 2.45) is 0 Å². The van der Waals surface area contributed by atoms with Gasteiger partial charge in [-0.05, 0) is 49.2 Å². The van der Waals surface area contributed by atoms with E-state index >= 15 is 0 Å². The van der Waals surface area contributed by atoms with E-state index in [-0.39, 0.29) is 10.5 Å². The molecule has 0 unspecified atom stereocenters. The minimum atomic E-state index is -3.88. The van der Waals surface area contributed by atoms with Gasteiger partial charge in [-0.2, -0.15) is 0 Å². The lowest BCUT2D eigenvalue weighted by atomic mass is 10.0. The van der Waals surface area contributed by atoms with Gasteiger partial charge < -0.3 is 14.7 Å². The standard InChI is InChI=1S/C22H22N4O4S/c1-14-24-20(12-22(27)25-14)21(11-15-13-23-19-6-4-3-5-18(15)19)26-31(28,29)17-9-7-16(30-2)8-10-17/h3-10,12-13,21,23,26H,11H2,1-2H3,(H,24,25,27)/t21-/m0/s1. The van der Waals surface area contributed by atoms with Crippen LogP contribution in [0.25, 0.3) is 10.9 Å². The third kappa shape index (κ3) is 4.52. The molecule has 0 aliphatic carbocycles. The van der Waals surface area contributed by atoms with Gasteiger partial charge >= 0.3 is 0 Å². The fourth-order valence-electron chi connectivity index (χ4n) is 3.52. The van der Waals surface area contributed by atoms with Gasteiger partial charge in [-0.3, -0.25) is 4.79 Å². The van der Waals surface area contributed by atoms with Crippen LogP contribution in [0.1, 0.15) is 23.1 Å². The molecule has 0 radical (unpaired) electrons. The summed E-state index contributed by atoms with van der Waals surface area (Å²) in [4.78, 5) is 22.3. The Hall–Kier alpha value is -3.43. The Bertz CT molecular complexity index is 1370. The van der Waals surface area contributed by atoms with Crippen LogP contribution in [0.3, 0.4) is 0 Å². The average Bonchev–Trinajstić information content (AvgIpc) is 3.15. The number of aromatic nitrogens is 3. The van der Waals surface area contributed by atoms with E-state index < -0.39 is 16.1 Å². The van der Waals surface area contributed by atoms with Crippen LogP contribution in [0.4, 0.5) is 0 Å². The van der Waals surface area contributed by atoms with E-state index in [4.69, 9.17) is 4.74 Å². The molecular weight excluding hydrogens is 416 g/mol. The van der Waals surface area contributed by atoms with Crippen molar-refractivity contribution in [3.8, 4) is 5.75 Å². The number of sulfonamides is 1. The van der Waals surface area contributed by atoms with Gasteiger partial charge in [-0.15, -0.1) is 0 Å². The van der Waals surface area contributed by atoms with Crippen LogP contribution >= 0.6 is 0 Å². The molecule has 2 heterocycles. The molecule has 31 heavy (non-hydrogen) atoms. The van der Waals surface area contributed by atoms with Crippen LogP contribution in [0.15, 0.2) is 70.5 Å². The monoisotopic (exact) mass is 438 g/mol. The number of H-pyrrole nitrogens is 2. The molecule has 0 fully saturated rings. The topological polar surface area (TPSA) is 117 Å². The van der Waals surface area contributed by atoms with Crippen molar-refractivity contribution in [1.82, 2.24) is 19.7 Å². The number of para-hydroxylation sites is 1. The zero-order valence-electron chi connectivity index (χ0n) is 17.0. The number of methoxy groups -OCH3 is 1. The Balaban J connectivity index is 1.73. The highest BCUT2D eigenvalue weighted by Gasteiger charge is 2.24. The van der Waals surface area contributed by atoms with E-state index in [0.29, 0.717) is 23.7 Å². The third-order valence-electron chi connectivity index (χ3n) is 5.00. The molecule has 160 valence electrons. The van der Waals surface area contributed by atoms with Gasteiger partial charge in [-0.25, -0.2) is 18.1 Å². The highest BCUT2D eigenvalue weighted by atomic mass is 32.2. The van der Waals surface area contributed by atoms with Gasteiger partial charge in [0, 0.05) is 23.2 Å². The maximum absolute atomic E-state index is 13.1. The first-order valence-corrected chi connectivity index (χ1v) is 11.1. The van der Waals surface area contributed by atoms with Crippen LogP contribution < -0.4 is 15.0 Å². The van der Waals surface area contributed by atoms with Gasteiger partial charge in [0.05, 0.1) is 23.7 Å². The maximum atomic E-state index is 13.1. The molecule has 9 heteroatoms. The number of hydrogen-bond donors (Lipinski definition) is 3. The van der Waals surface area contributed by atoms with Crippen molar-refractivity contribution in [1.29, 1.82) is 0 Å². The molecule has 3 N–H and O–H groups in total. The predicted octanol–water partition coefficient (Wildman–Crippen LogP) is 2.83. The lowest BCUT2D eigenvalue weighted by Gasteiger charge is -2.19. The minimum Gasteiger partial charge on any atom is -0.497 e. The zero-order chi connectivity index (χ0) is 22.0. The first-order valence-electron chi connectivity index (χ1n) is 9.65. The Morgan fingerprint density at radius 2 is 1.87 bits per heavy atom. The van der Waals surface area contributed by atoms with Crippen LogP contribution in [-0.2, 0) is 16.4 Å². The SMILES string of the molecule is COc1ccc(S(=O)(=O)N[C@@H](Cc2c[nH]c3ccccc23)c2cc(=O)[nH]c(C)n2)cc1. The summed E-state index contributed by atoms with van der Waals surface area (Å²) in [6, 6.07) is 14.5. The summed E-state index contributed by atoms with van der Waals surface area (Å²) in [6.07, 6.45) is 2.16. The van der Waals surface area contributed by atoms with E-state index in [9.17, 15) is 13.2 Å². The van der Waals surface area contributed by atoms with Crippen molar-refractivity contribution in [3.63, 3.8) is 0 Å². The highest BCUT2D eigenvalue weighted by molar-refractivity contribution is 7.89. The fraction of sp³-hybridized carbons (Fsp3) is 0.182. The molecule has 0 bridgehead atoms. The zero-order valence-corrected chi connectivity index (χ0v) is 17.9. The fourth-order valence-corrected chi connectivity index (χ4v) is 4.73. The van der Waals surface area contributed by atoms with E-state index in [0.717, 1.165) is 16.5 Å². The lowest BCUT2D eigenvalue weighted by molar-refractivity contribution is 0.414. The van der Waals surface area contributed by atoms with E-state index in [1.165, 1.54) is 25.3 Å². The van der Waals surface area contributed by atoms with Crippen LogP contribution in [-0.4, -0.2) is 30.5 Å². The number of nitrogens with zero attached hydrogens (tertiary/aromatic N) is 1. The summed E-state index contributed by atoms with van der Waals surface area (Å²) < 4.78 is 34.0. The first kappa shape index (κ1) is 20.8. The second-order valence-electron chi connectivity index (χ2n) is 7.17. The molecule has 4 rings (SSSR count). The largest absolute Gasteiger partial charge is 0.497 e. The summed E-state index contributed by atoms with van der Waals surface area (Å²) in [5, 5.41) is 0.984. The molecular formula is C22H22N4O4S. The number of rotatable bonds is 7. The molecule has 8 nitrogen and oxygen atoms in total. The average molecular weight is 439 g/mol. The van der Waals surface area contributed by atoms with Gasteiger partial charge in [-0.1, -0.05) is 18.2 Å². The summed E-state index contributed by atoms with van der Waals surface area (Å²) in [7, 11) is -2.37. The summed E-state index contributed by atoms with van der Waals surface area (Å²) in [5.41, 5.74) is 1.88. The second kappa shape index (κ2) is 8.37. The minimum absolute atomic E-state index is 0.0961. The molecule has 0 saturated carbocycles. The maximum Gasteiger partial charge on any atom is 0.251 e. The molecule has 2 aromatic carbocycles. The van der Waals surface area contributed by atoms with Crippen molar-refractivity contribution in [2.75, 3.05) is 7.11 Å². The second-order valence-corrected chi connectivity index (χ2v) is 8.88. The number of benzene rings is 2. The molecule has 1 atom stereocenters. The number of hydrogen-bond acceptors (Lipinski definition) is 5. The Kier molecular flexibility index (Phi) is 5.62. The van der Waals surface area contributed by atoms with Gasteiger partial charge in [0.1, 0.15) is 11.6 Å². The van der Waals surface area contributed by atoms with E-state index in [1.807, 2.05) is 30.5 Å². The first-order chi connectivity index (χ1) is 14.9. The number of fused-ring (bicyclic) bond motifs is 1. The highest BCUT2D eigenvalue weighted by Crippen LogP contribution is 2.25. The normalized spacial score (nSPS) is 12.7. The molecule has 0 spiro atoms. The Morgan fingerprint density at radius 1 is 1.13 bits per heavy atom. The molecule has 0 aliphatic rings.